The summed E-state index contributed by atoms with van der Waals surface area (Å²) >= 11 is 0. The molecule has 1 rings (SSSR count). The molecule has 0 heterocycles. The third-order valence-corrected chi connectivity index (χ3v) is 5.67. The van der Waals surface area contributed by atoms with Gasteiger partial charge in [-0.2, -0.15) is 0 Å². The van der Waals surface area contributed by atoms with Crippen LogP contribution < -0.4 is 0 Å². The normalized spacial score (nSPS) is 10.9. The number of benzene rings is 1. The predicted molar refractivity (Wildman–Crippen MR) is 127 cm³/mol. The van der Waals surface area contributed by atoms with Gasteiger partial charge in [0.2, 0.25) is 0 Å². The highest BCUT2D eigenvalue weighted by Gasteiger charge is 2.07. The monoisotopic (exact) mass is 432 g/mol. The van der Waals surface area contributed by atoms with Crippen molar-refractivity contribution in [1.82, 2.24) is 0 Å². The van der Waals surface area contributed by atoms with Gasteiger partial charge in [0.05, 0.1) is 0 Å². The molecule has 0 aliphatic heterocycles. The van der Waals surface area contributed by atoms with Gasteiger partial charge >= 0.3 is 11.9 Å². The van der Waals surface area contributed by atoms with E-state index in [4.69, 9.17) is 9.84 Å². The fourth-order valence-corrected chi connectivity index (χ4v) is 3.86. The van der Waals surface area contributed by atoms with Crippen molar-refractivity contribution in [3.63, 3.8) is 0 Å². The third-order valence-electron chi connectivity index (χ3n) is 5.67. The Balaban J connectivity index is 2.48. The van der Waals surface area contributed by atoms with Gasteiger partial charge in [0, 0.05) is 12.8 Å². The van der Waals surface area contributed by atoms with Crippen molar-refractivity contribution in [3.05, 3.63) is 34.9 Å². The van der Waals surface area contributed by atoms with Crippen molar-refractivity contribution in [1.29, 1.82) is 0 Å². The lowest BCUT2D eigenvalue weighted by atomic mass is 9.98. The first-order chi connectivity index (χ1) is 15.0. The van der Waals surface area contributed by atoms with Crippen LogP contribution in [0.15, 0.2) is 18.2 Å². The van der Waals surface area contributed by atoms with Gasteiger partial charge in [-0.25, -0.2) is 0 Å². The van der Waals surface area contributed by atoms with Crippen LogP contribution in [0.3, 0.4) is 0 Å². The summed E-state index contributed by atoms with van der Waals surface area (Å²) in [6, 6.07) is 6.77. The number of carbonyl (C=O) groups excluding carboxylic acids is 1. The van der Waals surface area contributed by atoms with Crippen molar-refractivity contribution in [3.8, 4) is 0 Å². The van der Waals surface area contributed by atoms with E-state index < -0.39 is 5.97 Å². The number of carboxylic acid groups (broad SMARTS) is 1. The van der Waals surface area contributed by atoms with Crippen LogP contribution in [0.4, 0.5) is 0 Å². The number of hydrogen-bond donors (Lipinski definition) is 1. The molecule has 4 nitrogen and oxygen atoms in total. The first-order valence-electron chi connectivity index (χ1n) is 12.5. The minimum atomic E-state index is -0.753. The first-order valence-corrected chi connectivity index (χ1v) is 12.5. The van der Waals surface area contributed by atoms with Crippen molar-refractivity contribution in [2.75, 3.05) is 0 Å². The van der Waals surface area contributed by atoms with Gasteiger partial charge < -0.3 is 9.84 Å². The molecule has 0 unspecified atom stereocenters. The molecule has 1 N–H and O–H groups in total. The molecular weight excluding hydrogens is 388 g/mol. The second-order valence-electron chi connectivity index (χ2n) is 8.75. The minimum absolute atomic E-state index is 0.156. The van der Waals surface area contributed by atoms with Crippen molar-refractivity contribution >= 4 is 11.9 Å². The van der Waals surface area contributed by atoms with Gasteiger partial charge in [0.1, 0.15) is 6.61 Å². The number of aryl methyl sites for hydroxylation is 2. The molecule has 0 fully saturated rings. The molecule has 0 spiro atoms. The Hall–Kier alpha value is -1.84. The topological polar surface area (TPSA) is 63.6 Å². The lowest BCUT2D eigenvalue weighted by Gasteiger charge is -2.11. The average Bonchev–Trinajstić information content (AvgIpc) is 2.75. The molecule has 31 heavy (non-hydrogen) atoms. The van der Waals surface area contributed by atoms with Crippen LogP contribution in [0.1, 0.15) is 120 Å². The van der Waals surface area contributed by atoms with Gasteiger partial charge in [-0.3, -0.25) is 9.59 Å². The van der Waals surface area contributed by atoms with Gasteiger partial charge in [-0.15, -0.1) is 0 Å². The maximum Gasteiger partial charge on any atom is 0.306 e. The Morgan fingerprint density at radius 1 is 0.677 bits per heavy atom. The quantitative estimate of drug-likeness (QED) is 0.183. The van der Waals surface area contributed by atoms with Crippen LogP contribution >= 0.6 is 0 Å². The zero-order valence-electron chi connectivity index (χ0n) is 19.9. The lowest BCUT2D eigenvalue weighted by molar-refractivity contribution is -0.145. The van der Waals surface area contributed by atoms with Gasteiger partial charge in [0.15, 0.2) is 0 Å². The lowest BCUT2D eigenvalue weighted by Crippen LogP contribution is -2.05. The highest BCUT2D eigenvalue weighted by Crippen LogP contribution is 2.18. The molecule has 0 aromatic heterocycles. The Bertz CT molecular complexity index is 593. The molecule has 1 aromatic carbocycles. The van der Waals surface area contributed by atoms with Crippen molar-refractivity contribution in [2.24, 2.45) is 0 Å². The maximum atomic E-state index is 12.1. The van der Waals surface area contributed by atoms with Gasteiger partial charge in [0.25, 0.3) is 0 Å². The summed E-state index contributed by atoms with van der Waals surface area (Å²) in [4.78, 5) is 22.6. The maximum absolute atomic E-state index is 12.1. The molecule has 0 amide bonds. The Kier molecular flexibility index (Phi) is 15.6. The first kappa shape index (κ1) is 27.2. The Labute approximate surface area is 189 Å². The highest BCUT2D eigenvalue weighted by atomic mass is 16.5. The summed E-state index contributed by atoms with van der Waals surface area (Å²) in [7, 11) is 0. The molecule has 0 aliphatic carbocycles. The van der Waals surface area contributed by atoms with Crippen LogP contribution in [0, 0.1) is 0 Å². The fourth-order valence-electron chi connectivity index (χ4n) is 3.86. The zero-order valence-corrected chi connectivity index (χ0v) is 19.9. The Morgan fingerprint density at radius 3 is 1.68 bits per heavy atom. The van der Waals surface area contributed by atoms with E-state index in [0.29, 0.717) is 19.4 Å². The number of rotatable bonds is 19. The number of carbonyl (C=O) groups is 2. The standard InChI is InChI=1S/C27H44O4/c1-3-5-7-11-15-23-19-24(16-12-8-6-4-2)21-25(20-23)22-31-27(30)18-14-10-9-13-17-26(28)29/h19-21H,3-18,22H2,1-2H3,(H,28,29). The molecule has 4 heteroatoms. The third kappa shape index (κ3) is 14.7. The summed E-state index contributed by atoms with van der Waals surface area (Å²) in [5.74, 6) is -0.909. The molecule has 0 bridgehead atoms. The number of ether oxygens (including phenoxy) is 1. The second-order valence-corrected chi connectivity index (χ2v) is 8.75. The van der Waals surface area contributed by atoms with Crippen molar-refractivity contribution in [2.45, 2.75) is 123 Å². The smallest absolute Gasteiger partial charge is 0.306 e. The van der Waals surface area contributed by atoms with Gasteiger partial charge in [-0.1, -0.05) is 83.4 Å². The molecule has 0 saturated heterocycles. The second kappa shape index (κ2) is 17.8. The van der Waals surface area contributed by atoms with E-state index in [2.05, 4.69) is 32.0 Å². The number of unbranched alkanes of at least 4 members (excludes halogenated alkanes) is 9. The van der Waals surface area contributed by atoms with E-state index in [-0.39, 0.29) is 12.4 Å². The number of carboxylic acids is 1. The Morgan fingerprint density at radius 2 is 1.16 bits per heavy atom. The molecule has 0 saturated carbocycles. The van der Waals surface area contributed by atoms with E-state index in [9.17, 15) is 9.59 Å². The summed E-state index contributed by atoms with van der Waals surface area (Å²) < 4.78 is 5.54. The largest absolute Gasteiger partial charge is 0.481 e. The molecule has 1 aromatic rings. The molecular formula is C27H44O4. The molecule has 0 atom stereocenters. The molecule has 0 radical (unpaired) electrons. The summed E-state index contributed by atoms with van der Waals surface area (Å²) in [5.41, 5.74) is 3.84. The minimum Gasteiger partial charge on any atom is -0.481 e. The highest BCUT2D eigenvalue weighted by molar-refractivity contribution is 5.69. The van der Waals surface area contributed by atoms with Crippen LogP contribution in [-0.2, 0) is 33.8 Å². The predicted octanol–water partition coefficient (Wildman–Crippen LogP) is 7.40. The summed E-state index contributed by atoms with van der Waals surface area (Å²) in [6.07, 6.45) is 16.0. The van der Waals surface area contributed by atoms with Crippen molar-refractivity contribution < 1.29 is 19.4 Å². The molecule has 0 aliphatic rings. The van der Waals surface area contributed by atoms with E-state index in [1.165, 1.54) is 62.5 Å². The van der Waals surface area contributed by atoms with Gasteiger partial charge in [-0.05, 0) is 55.2 Å². The number of esters is 1. The number of hydrogen-bond acceptors (Lipinski definition) is 3. The van der Waals surface area contributed by atoms with Crippen LogP contribution in [0.2, 0.25) is 0 Å². The van der Waals surface area contributed by atoms with E-state index in [1.807, 2.05) is 0 Å². The summed E-state index contributed by atoms with van der Waals surface area (Å²) in [5, 5.41) is 8.64. The SMILES string of the molecule is CCCCCCc1cc(CCCCCC)cc(COC(=O)CCCCCCC(=O)O)c1. The molecule has 176 valence electrons. The van der Waals surface area contributed by atoms with Crippen LogP contribution in [0.25, 0.3) is 0 Å². The van der Waals surface area contributed by atoms with E-state index in [1.54, 1.807) is 0 Å². The van der Waals surface area contributed by atoms with E-state index in [0.717, 1.165) is 37.7 Å². The van der Waals surface area contributed by atoms with Crippen LogP contribution in [-0.4, -0.2) is 17.0 Å². The summed E-state index contributed by atoms with van der Waals surface area (Å²) in [6.45, 7) is 4.82. The fraction of sp³-hybridized carbons (Fsp3) is 0.704. The van der Waals surface area contributed by atoms with Crippen LogP contribution in [0.5, 0.6) is 0 Å². The zero-order chi connectivity index (χ0) is 22.7. The average molecular weight is 433 g/mol. The number of aliphatic carboxylic acids is 1. The van der Waals surface area contributed by atoms with E-state index >= 15 is 0 Å².